The first kappa shape index (κ1) is 31.2. The fraction of sp³-hybridized carbons (Fsp3) is 0.406. The zero-order chi connectivity index (χ0) is 31.7. The summed E-state index contributed by atoms with van der Waals surface area (Å²) < 4.78 is 28.8. The minimum Gasteiger partial charge on any atom is -0.457 e. The van der Waals surface area contributed by atoms with Crippen LogP contribution in [0.25, 0.3) is 0 Å². The third kappa shape index (κ3) is 6.90. The number of piperidine rings is 2. The summed E-state index contributed by atoms with van der Waals surface area (Å²) in [6.07, 6.45) is 5.93. The fourth-order valence-corrected chi connectivity index (χ4v) is 8.31. The first-order chi connectivity index (χ1) is 21.6. The van der Waals surface area contributed by atoms with E-state index in [1.165, 1.54) is 23.9 Å². The fourth-order valence-electron chi connectivity index (χ4n) is 6.46. The van der Waals surface area contributed by atoms with Crippen LogP contribution in [0.15, 0.2) is 71.3 Å². The molecule has 0 bridgehead atoms. The third-order valence-electron chi connectivity index (χ3n) is 8.48. The van der Waals surface area contributed by atoms with Crippen LogP contribution < -0.4 is 25.6 Å². The van der Waals surface area contributed by atoms with Crippen LogP contribution in [0.2, 0.25) is 0 Å². The number of nitrogens with one attached hydrogen (secondary N) is 3. The summed E-state index contributed by atoms with van der Waals surface area (Å²) in [5, 5.41) is 9.62. The molecular formula is C32H37N5O6S2. The van der Waals surface area contributed by atoms with Crippen molar-refractivity contribution < 1.29 is 27.5 Å². The molecular weight excluding hydrogens is 615 g/mol. The largest absolute Gasteiger partial charge is 0.457 e. The number of nitrogens with zero attached hydrogens (tertiary/aromatic N) is 2. The molecule has 4 aliphatic heterocycles. The van der Waals surface area contributed by atoms with Crippen LogP contribution in [0.1, 0.15) is 24.8 Å². The van der Waals surface area contributed by atoms with Crippen molar-refractivity contribution >= 4 is 45.1 Å². The summed E-state index contributed by atoms with van der Waals surface area (Å²) in [4.78, 5) is 43.9. The Morgan fingerprint density at radius 1 is 1.13 bits per heavy atom. The number of hydrogen-bond donors (Lipinski definition) is 3. The topological polar surface area (TPSA) is 137 Å². The smallest absolute Gasteiger partial charge is 0.326 e. The zero-order valence-corrected chi connectivity index (χ0v) is 26.8. The highest BCUT2D eigenvalue weighted by Crippen LogP contribution is 2.48. The van der Waals surface area contributed by atoms with E-state index in [0.717, 1.165) is 29.7 Å². The molecule has 0 spiro atoms. The molecule has 13 heteroatoms. The van der Waals surface area contributed by atoms with Gasteiger partial charge in [0, 0.05) is 48.8 Å². The van der Waals surface area contributed by atoms with Crippen molar-refractivity contribution in [1.29, 1.82) is 0 Å². The molecule has 6 rings (SSSR count). The maximum absolute atomic E-state index is 13.7. The van der Waals surface area contributed by atoms with E-state index in [2.05, 4.69) is 16.0 Å². The Morgan fingerprint density at radius 2 is 1.93 bits per heavy atom. The quantitative estimate of drug-likeness (QED) is 0.370. The van der Waals surface area contributed by atoms with Crippen molar-refractivity contribution in [3.8, 4) is 11.5 Å². The highest BCUT2D eigenvalue weighted by atomic mass is 32.2. The SMILES string of the molecule is Cc1cc(Oc2ccccc2)ccc1N1C(=O)NC2=C(C(=O)N[C@@H]3CCCN(C(=O)/C=C/CS(C)(=O)=O)C3)SC3NCCC1C23. The predicted molar refractivity (Wildman–Crippen MR) is 174 cm³/mol. The molecule has 3 N–H and O–H groups in total. The van der Waals surface area contributed by atoms with E-state index in [4.69, 9.17) is 4.74 Å². The van der Waals surface area contributed by atoms with Crippen molar-refractivity contribution in [2.75, 3.05) is 36.5 Å². The average Bonchev–Trinajstić information content (AvgIpc) is 3.37. The van der Waals surface area contributed by atoms with E-state index in [1.807, 2.05) is 60.4 Å². The van der Waals surface area contributed by atoms with Crippen LogP contribution in [0.5, 0.6) is 11.5 Å². The van der Waals surface area contributed by atoms with Crippen molar-refractivity contribution in [1.82, 2.24) is 20.9 Å². The third-order valence-corrected chi connectivity index (χ3v) is 10.6. The number of carbonyl (C=O) groups is 3. The molecule has 3 unspecified atom stereocenters. The summed E-state index contributed by atoms with van der Waals surface area (Å²) >= 11 is 1.44. The summed E-state index contributed by atoms with van der Waals surface area (Å²) in [5.74, 6) is 0.596. The highest BCUT2D eigenvalue weighted by Gasteiger charge is 2.52. The second kappa shape index (κ2) is 12.9. The summed E-state index contributed by atoms with van der Waals surface area (Å²) in [7, 11) is -3.21. The number of thioether (sulfide) groups is 1. The summed E-state index contributed by atoms with van der Waals surface area (Å²) in [6, 6.07) is 14.6. The van der Waals surface area contributed by atoms with E-state index in [0.29, 0.717) is 48.8 Å². The van der Waals surface area contributed by atoms with Crippen LogP contribution in [0, 0.1) is 12.8 Å². The van der Waals surface area contributed by atoms with Gasteiger partial charge in [-0.1, -0.05) is 36.0 Å². The maximum atomic E-state index is 13.7. The Hall–Kier alpha value is -3.81. The Bertz CT molecular complexity index is 1660. The number of amides is 4. The number of sulfone groups is 1. The van der Waals surface area contributed by atoms with Gasteiger partial charge < -0.3 is 25.6 Å². The van der Waals surface area contributed by atoms with Gasteiger partial charge in [-0.15, -0.1) is 0 Å². The molecule has 3 fully saturated rings. The Labute approximate surface area is 267 Å². The molecule has 0 radical (unpaired) electrons. The second-order valence-electron chi connectivity index (χ2n) is 11.9. The van der Waals surface area contributed by atoms with E-state index in [1.54, 1.807) is 4.90 Å². The number of ether oxygens (including phenoxy) is 1. The number of carbonyl (C=O) groups excluding carboxylic acids is 3. The first-order valence-electron chi connectivity index (χ1n) is 15.1. The van der Waals surface area contributed by atoms with Gasteiger partial charge in [0.05, 0.1) is 22.1 Å². The number of anilines is 1. The minimum atomic E-state index is -3.21. The lowest BCUT2D eigenvalue weighted by Gasteiger charge is -2.46. The van der Waals surface area contributed by atoms with Gasteiger partial charge in [0.25, 0.3) is 5.91 Å². The van der Waals surface area contributed by atoms with Gasteiger partial charge in [-0.05, 0) is 68.6 Å². The van der Waals surface area contributed by atoms with Gasteiger partial charge >= 0.3 is 6.03 Å². The molecule has 45 heavy (non-hydrogen) atoms. The lowest BCUT2D eigenvalue weighted by atomic mass is 9.86. The predicted octanol–water partition coefficient (Wildman–Crippen LogP) is 3.29. The molecule has 3 saturated heterocycles. The first-order valence-corrected chi connectivity index (χ1v) is 18.0. The van der Waals surface area contributed by atoms with Crippen molar-refractivity contribution in [2.24, 2.45) is 5.92 Å². The molecule has 4 amide bonds. The van der Waals surface area contributed by atoms with Crippen LogP contribution >= 0.6 is 11.8 Å². The number of rotatable bonds is 8. The number of aryl methyl sites for hydroxylation is 1. The maximum Gasteiger partial charge on any atom is 0.326 e. The number of benzene rings is 2. The molecule has 4 heterocycles. The molecule has 0 saturated carbocycles. The van der Waals surface area contributed by atoms with E-state index in [-0.39, 0.29) is 47.0 Å². The molecule has 0 aromatic heterocycles. The van der Waals surface area contributed by atoms with Crippen LogP contribution in [0.4, 0.5) is 10.5 Å². The highest BCUT2D eigenvalue weighted by molar-refractivity contribution is 8.04. The van der Waals surface area contributed by atoms with Gasteiger partial charge in [-0.3, -0.25) is 14.5 Å². The Balaban J connectivity index is 1.16. The molecule has 2 aromatic rings. The molecule has 4 aliphatic rings. The molecule has 4 atom stereocenters. The average molecular weight is 652 g/mol. The Kier molecular flexibility index (Phi) is 8.94. The van der Waals surface area contributed by atoms with Gasteiger partial charge in [-0.2, -0.15) is 0 Å². The van der Waals surface area contributed by atoms with Crippen LogP contribution in [0.3, 0.4) is 0 Å². The molecule has 11 nitrogen and oxygen atoms in total. The lowest BCUT2D eigenvalue weighted by Crippen LogP contribution is -2.62. The van der Waals surface area contributed by atoms with E-state index < -0.39 is 9.84 Å². The number of para-hydroxylation sites is 1. The minimum absolute atomic E-state index is 0.0620. The van der Waals surface area contributed by atoms with Gasteiger partial charge in [0.15, 0.2) is 9.84 Å². The molecule has 238 valence electrons. The van der Waals surface area contributed by atoms with Crippen LogP contribution in [-0.4, -0.2) is 80.3 Å². The van der Waals surface area contributed by atoms with E-state index >= 15 is 0 Å². The number of hydrogen-bond acceptors (Lipinski definition) is 8. The number of likely N-dealkylation sites (tertiary alicyclic amines) is 1. The van der Waals surface area contributed by atoms with E-state index in [9.17, 15) is 22.8 Å². The molecule has 0 aliphatic carbocycles. The summed E-state index contributed by atoms with van der Waals surface area (Å²) in [6.45, 7) is 3.55. The van der Waals surface area contributed by atoms with Gasteiger partial charge in [-0.25, -0.2) is 13.2 Å². The monoisotopic (exact) mass is 651 g/mol. The van der Waals surface area contributed by atoms with Gasteiger partial charge in [0.2, 0.25) is 5.91 Å². The second-order valence-corrected chi connectivity index (χ2v) is 15.2. The summed E-state index contributed by atoms with van der Waals surface area (Å²) in [5.41, 5.74) is 2.36. The standard InChI is InChI=1S/C32H37N5O6S2/c1-20-18-23(43-22-9-4-3-5-10-22)12-13-24(20)37-25-14-15-33-31-27(25)28(35-32(37)40)29(44-31)30(39)34-21-8-6-16-36(19-21)26(38)11-7-17-45(2,41)42/h3-5,7,9-13,18,21,25,27,31,33H,6,8,14-17,19H2,1-2H3,(H,34,39)(H,35,40)/b11-7+/t21-,25?,27?,31?/m1/s1. The molecule has 2 aromatic carbocycles. The lowest BCUT2D eigenvalue weighted by molar-refractivity contribution is -0.128. The normalized spacial score (nSPS) is 24.8. The van der Waals surface area contributed by atoms with Crippen molar-refractivity contribution in [2.45, 2.75) is 43.6 Å². The van der Waals surface area contributed by atoms with Crippen molar-refractivity contribution in [3.05, 3.63) is 76.8 Å². The zero-order valence-electron chi connectivity index (χ0n) is 25.2. The number of urea groups is 1. The van der Waals surface area contributed by atoms with Crippen LogP contribution in [-0.2, 0) is 19.4 Å². The van der Waals surface area contributed by atoms with Gasteiger partial charge in [0.1, 0.15) is 11.5 Å². The van der Waals surface area contributed by atoms with Crippen molar-refractivity contribution in [3.63, 3.8) is 0 Å². The Morgan fingerprint density at radius 3 is 2.69 bits per heavy atom.